The van der Waals surface area contributed by atoms with Crippen molar-refractivity contribution in [3.63, 3.8) is 0 Å². The molecule has 0 atom stereocenters. The zero-order valence-electron chi connectivity index (χ0n) is 8.94. The molecule has 0 aromatic carbocycles. The van der Waals surface area contributed by atoms with Crippen LogP contribution < -0.4 is 0 Å². The Kier molecular flexibility index (Phi) is 4.65. The molecule has 0 amide bonds. The lowest BCUT2D eigenvalue weighted by Crippen LogP contribution is -2.05. The van der Waals surface area contributed by atoms with Crippen molar-refractivity contribution >= 4 is 18.2 Å². The Morgan fingerprint density at radius 1 is 1.25 bits per heavy atom. The van der Waals surface area contributed by atoms with Gasteiger partial charge in [0.2, 0.25) is 0 Å². The molecule has 0 aliphatic rings. The fourth-order valence-corrected chi connectivity index (χ4v) is 3.20. The predicted molar refractivity (Wildman–Crippen MR) is 53.6 cm³/mol. The van der Waals surface area contributed by atoms with Gasteiger partial charge in [0.25, 0.3) is 0 Å². The molecule has 0 saturated carbocycles. The molecule has 5 heteroatoms. The van der Waals surface area contributed by atoms with Gasteiger partial charge in [0.1, 0.15) is 0 Å². The molecule has 0 aromatic rings. The molecule has 0 spiro atoms. The standard InChI is InChI=1S/C7H17O3PS/c1-6(2)9-11(8,12-5)10-7(3)4/h6-7H,1-5H3/i5D. The normalized spacial score (nSPS) is 14.0. The van der Waals surface area contributed by atoms with Crippen LogP contribution in [0, 0.1) is 0 Å². The van der Waals surface area contributed by atoms with Crippen molar-refractivity contribution in [2.75, 3.05) is 6.23 Å². The van der Waals surface area contributed by atoms with Crippen LogP contribution in [0.25, 0.3) is 0 Å². The molecule has 0 aliphatic heterocycles. The summed E-state index contributed by atoms with van der Waals surface area (Å²) in [6, 6.07) is 0. The molecule has 0 aromatic heterocycles. The van der Waals surface area contributed by atoms with Gasteiger partial charge in [0, 0.05) is 1.37 Å². The minimum atomic E-state index is -3.10. The van der Waals surface area contributed by atoms with Gasteiger partial charge in [-0.25, -0.2) is 4.57 Å². The van der Waals surface area contributed by atoms with E-state index in [1.807, 2.05) is 0 Å². The van der Waals surface area contributed by atoms with Gasteiger partial charge in [0.15, 0.2) is 0 Å². The van der Waals surface area contributed by atoms with E-state index in [2.05, 4.69) is 0 Å². The van der Waals surface area contributed by atoms with Crippen molar-refractivity contribution in [3.8, 4) is 0 Å². The predicted octanol–water partition coefficient (Wildman–Crippen LogP) is 3.31. The summed E-state index contributed by atoms with van der Waals surface area (Å²) >= 11 is 0.913. The molecule has 12 heavy (non-hydrogen) atoms. The van der Waals surface area contributed by atoms with Crippen LogP contribution in [0.5, 0.6) is 0 Å². The van der Waals surface area contributed by atoms with Gasteiger partial charge in [-0.2, -0.15) is 0 Å². The second-order valence-corrected chi connectivity index (χ2v) is 6.58. The molecule has 0 heterocycles. The van der Waals surface area contributed by atoms with Crippen molar-refractivity contribution in [2.45, 2.75) is 39.9 Å². The molecule has 0 bridgehead atoms. The highest BCUT2D eigenvalue weighted by molar-refractivity contribution is 8.54. The Balaban J connectivity index is 4.25. The van der Waals surface area contributed by atoms with E-state index in [-0.39, 0.29) is 18.4 Å². The van der Waals surface area contributed by atoms with E-state index in [0.717, 1.165) is 11.4 Å². The lowest BCUT2D eigenvalue weighted by Gasteiger charge is -2.20. The molecule has 0 unspecified atom stereocenters. The maximum absolute atomic E-state index is 11.8. The number of rotatable bonds is 5. The third kappa shape index (κ3) is 5.20. The van der Waals surface area contributed by atoms with Crippen LogP contribution in [0.4, 0.5) is 0 Å². The van der Waals surface area contributed by atoms with E-state index in [0.29, 0.717) is 0 Å². The Morgan fingerprint density at radius 3 is 1.92 bits per heavy atom. The molecule has 0 saturated heterocycles. The van der Waals surface area contributed by atoms with E-state index in [9.17, 15) is 4.57 Å². The minimum Gasteiger partial charge on any atom is -0.298 e. The highest BCUT2D eigenvalue weighted by atomic mass is 32.7. The molecular formula is C7H17O3PS. The Labute approximate surface area is 79.9 Å². The molecule has 0 rings (SSSR count). The van der Waals surface area contributed by atoms with Crippen molar-refractivity contribution in [1.29, 1.82) is 0 Å². The third-order valence-corrected chi connectivity index (χ3v) is 3.98. The SMILES string of the molecule is [2H]CSP(=O)(OC(C)C)OC(C)C. The van der Waals surface area contributed by atoms with E-state index in [1.54, 1.807) is 27.7 Å². The minimum absolute atomic E-state index is 0.0171. The molecule has 0 aliphatic carbocycles. The molecule has 0 N–H and O–H groups in total. The Hall–Kier alpha value is 0.500. The summed E-state index contributed by atoms with van der Waals surface area (Å²) in [5.41, 5.74) is 0. The average Bonchev–Trinajstić information content (AvgIpc) is 1.81. The van der Waals surface area contributed by atoms with Gasteiger partial charge >= 0.3 is 6.80 Å². The van der Waals surface area contributed by atoms with Crippen LogP contribution in [0.2, 0.25) is 0 Å². The second kappa shape index (κ2) is 5.28. The van der Waals surface area contributed by atoms with Crippen molar-refractivity contribution in [3.05, 3.63) is 0 Å². The Bertz CT molecular complexity index is 173. The van der Waals surface area contributed by atoms with Gasteiger partial charge in [-0.1, -0.05) is 0 Å². The molecule has 0 fully saturated rings. The fraction of sp³-hybridized carbons (Fsp3) is 1.00. The van der Waals surface area contributed by atoms with Crippen LogP contribution >= 0.6 is 18.2 Å². The molecule has 74 valence electrons. The van der Waals surface area contributed by atoms with Crippen LogP contribution in [-0.4, -0.2) is 18.4 Å². The van der Waals surface area contributed by atoms with Gasteiger partial charge < -0.3 is 0 Å². The third-order valence-electron chi connectivity index (χ3n) is 0.838. The van der Waals surface area contributed by atoms with Crippen LogP contribution in [0.1, 0.15) is 29.1 Å². The second-order valence-electron chi connectivity index (χ2n) is 2.88. The molecule has 0 radical (unpaired) electrons. The maximum Gasteiger partial charge on any atom is 0.389 e. The van der Waals surface area contributed by atoms with Crippen molar-refractivity contribution < 1.29 is 15.0 Å². The summed E-state index contributed by atoms with van der Waals surface area (Å²) in [6.07, 6.45) is -0.316. The lowest BCUT2D eigenvalue weighted by molar-refractivity contribution is 0.156. The van der Waals surface area contributed by atoms with E-state index < -0.39 is 6.80 Å². The summed E-state index contributed by atoms with van der Waals surface area (Å²) in [5.74, 6) is 0. The summed E-state index contributed by atoms with van der Waals surface area (Å²) in [7, 11) is 0. The summed E-state index contributed by atoms with van der Waals surface area (Å²) in [6.45, 7) is 4.07. The van der Waals surface area contributed by atoms with E-state index in [4.69, 9.17) is 10.4 Å². The van der Waals surface area contributed by atoms with Gasteiger partial charge in [-0.05, 0) is 45.3 Å². The number of hydrogen-bond acceptors (Lipinski definition) is 4. The van der Waals surface area contributed by atoms with Crippen LogP contribution in [0.15, 0.2) is 0 Å². The summed E-state index contributed by atoms with van der Waals surface area (Å²) in [5, 5.41) is 0. The Morgan fingerprint density at radius 2 is 1.67 bits per heavy atom. The van der Waals surface area contributed by atoms with E-state index >= 15 is 0 Å². The molecule has 3 nitrogen and oxygen atoms in total. The largest absolute Gasteiger partial charge is 0.389 e. The van der Waals surface area contributed by atoms with Gasteiger partial charge in [0.05, 0.1) is 12.2 Å². The first-order valence-electron chi connectivity index (χ1n) is 4.51. The summed E-state index contributed by atoms with van der Waals surface area (Å²) < 4.78 is 29.1. The highest BCUT2D eigenvalue weighted by Gasteiger charge is 2.26. The number of hydrogen-bond donors (Lipinski definition) is 0. The monoisotopic (exact) mass is 213 g/mol. The zero-order chi connectivity index (χ0) is 10.5. The maximum atomic E-state index is 11.8. The van der Waals surface area contributed by atoms with E-state index in [1.165, 1.54) is 0 Å². The van der Waals surface area contributed by atoms with Crippen LogP contribution in [-0.2, 0) is 13.6 Å². The van der Waals surface area contributed by atoms with Crippen LogP contribution in [0.3, 0.4) is 0 Å². The molecular weight excluding hydrogens is 195 g/mol. The summed E-state index contributed by atoms with van der Waals surface area (Å²) in [4.78, 5) is 0. The lowest BCUT2D eigenvalue weighted by atomic mass is 10.5. The first-order valence-corrected chi connectivity index (χ1v) is 6.93. The highest BCUT2D eigenvalue weighted by Crippen LogP contribution is 2.60. The zero-order valence-corrected chi connectivity index (χ0v) is 9.65. The topological polar surface area (TPSA) is 35.5 Å². The van der Waals surface area contributed by atoms with Gasteiger partial charge in [-0.3, -0.25) is 9.05 Å². The fourth-order valence-electron chi connectivity index (χ4n) is 0.602. The van der Waals surface area contributed by atoms with Crippen molar-refractivity contribution in [2.24, 2.45) is 0 Å². The van der Waals surface area contributed by atoms with Gasteiger partial charge in [-0.15, -0.1) is 0 Å². The average molecular weight is 213 g/mol. The smallest absolute Gasteiger partial charge is 0.298 e. The first kappa shape index (κ1) is 10.6. The van der Waals surface area contributed by atoms with Crippen molar-refractivity contribution in [1.82, 2.24) is 0 Å². The first-order chi connectivity index (χ1) is 5.89. The quantitative estimate of drug-likeness (QED) is 0.656.